The Kier molecular flexibility index (Phi) is 8.74. The molecule has 5 N–H and O–H groups in total. The van der Waals surface area contributed by atoms with Gasteiger partial charge in [0.1, 0.15) is 0 Å². The standard InChI is InChI=1S/C20H32N6O2/c1-3-10-26-11-8-17(9-12-26)25-20(22-2)24-13-15-4-6-16(7-5-15)19(28)23-14-18(21)27/h4-7,17H,3,8-14H2,1-2H3,(H2,21,27)(H,23,28)(H2,22,24,25). The Hall–Kier alpha value is -2.61. The lowest BCUT2D eigenvalue weighted by Gasteiger charge is -2.32. The molecule has 0 saturated carbocycles. The molecule has 2 amide bonds. The van der Waals surface area contributed by atoms with Crippen molar-refractivity contribution in [1.29, 1.82) is 0 Å². The van der Waals surface area contributed by atoms with Crippen LogP contribution in [0.2, 0.25) is 0 Å². The van der Waals surface area contributed by atoms with E-state index in [1.807, 2.05) is 12.1 Å². The summed E-state index contributed by atoms with van der Waals surface area (Å²) in [6.07, 6.45) is 3.44. The highest BCUT2D eigenvalue weighted by atomic mass is 16.2. The summed E-state index contributed by atoms with van der Waals surface area (Å²) in [6, 6.07) is 7.65. The molecule has 8 nitrogen and oxygen atoms in total. The molecule has 1 fully saturated rings. The van der Waals surface area contributed by atoms with Crippen LogP contribution in [0.4, 0.5) is 0 Å². The number of carbonyl (C=O) groups excluding carboxylic acids is 2. The molecule has 0 aromatic heterocycles. The summed E-state index contributed by atoms with van der Waals surface area (Å²) in [6.45, 7) is 6.09. The number of nitrogens with zero attached hydrogens (tertiary/aromatic N) is 2. The lowest BCUT2D eigenvalue weighted by Crippen LogP contribution is -2.48. The summed E-state index contributed by atoms with van der Waals surface area (Å²) in [7, 11) is 1.77. The van der Waals surface area contributed by atoms with E-state index in [9.17, 15) is 9.59 Å². The molecule has 1 heterocycles. The topological polar surface area (TPSA) is 112 Å². The zero-order valence-corrected chi connectivity index (χ0v) is 16.8. The molecule has 0 radical (unpaired) electrons. The average Bonchev–Trinajstić information content (AvgIpc) is 2.71. The van der Waals surface area contributed by atoms with Gasteiger partial charge < -0.3 is 26.6 Å². The molecule has 154 valence electrons. The summed E-state index contributed by atoms with van der Waals surface area (Å²) >= 11 is 0. The second kappa shape index (κ2) is 11.3. The summed E-state index contributed by atoms with van der Waals surface area (Å²) in [5.74, 6) is -0.0912. The second-order valence-electron chi connectivity index (χ2n) is 7.03. The monoisotopic (exact) mass is 388 g/mol. The molecule has 1 aromatic carbocycles. The van der Waals surface area contributed by atoms with Crippen molar-refractivity contribution in [1.82, 2.24) is 20.9 Å². The first-order valence-corrected chi connectivity index (χ1v) is 9.86. The highest BCUT2D eigenvalue weighted by Crippen LogP contribution is 2.10. The Bertz CT molecular complexity index is 666. The van der Waals surface area contributed by atoms with Crippen molar-refractivity contribution in [3.8, 4) is 0 Å². The maximum absolute atomic E-state index is 11.9. The number of hydrogen-bond donors (Lipinski definition) is 4. The van der Waals surface area contributed by atoms with Gasteiger partial charge in [-0.2, -0.15) is 0 Å². The van der Waals surface area contributed by atoms with E-state index in [1.165, 1.54) is 13.0 Å². The van der Waals surface area contributed by atoms with Gasteiger partial charge in [-0.05, 0) is 43.5 Å². The van der Waals surface area contributed by atoms with Crippen LogP contribution >= 0.6 is 0 Å². The van der Waals surface area contributed by atoms with Crippen LogP contribution in [0.3, 0.4) is 0 Å². The molecule has 8 heteroatoms. The van der Waals surface area contributed by atoms with E-state index < -0.39 is 5.91 Å². The van der Waals surface area contributed by atoms with Crippen LogP contribution in [0.15, 0.2) is 29.3 Å². The van der Waals surface area contributed by atoms with Crippen molar-refractivity contribution < 1.29 is 9.59 Å². The Morgan fingerprint density at radius 2 is 1.86 bits per heavy atom. The molecule has 0 atom stereocenters. The number of nitrogens with two attached hydrogens (primary N) is 1. The Labute approximate surface area is 167 Å². The molecule has 28 heavy (non-hydrogen) atoms. The molecule has 1 aliphatic heterocycles. The molecule has 0 spiro atoms. The smallest absolute Gasteiger partial charge is 0.251 e. The Balaban J connectivity index is 1.77. The number of benzene rings is 1. The fourth-order valence-corrected chi connectivity index (χ4v) is 3.23. The van der Waals surface area contributed by atoms with E-state index in [0.717, 1.165) is 37.5 Å². The van der Waals surface area contributed by atoms with E-state index in [2.05, 4.69) is 32.8 Å². The van der Waals surface area contributed by atoms with Crippen LogP contribution in [0.5, 0.6) is 0 Å². The van der Waals surface area contributed by atoms with Crippen molar-refractivity contribution in [3.63, 3.8) is 0 Å². The number of hydrogen-bond acceptors (Lipinski definition) is 4. The first-order valence-electron chi connectivity index (χ1n) is 9.86. The van der Waals surface area contributed by atoms with Gasteiger partial charge in [-0.15, -0.1) is 0 Å². The highest BCUT2D eigenvalue weighted by molar-refractivity contribution is 5.96. The van der Waals surface area contributed by atoms with Crippen LogP contribution in [0.25, 0.3) is 0 Å². The first kappa shape index (κ1) is 21.7. The summed E-state index contributed by atoms with van der Waals surface area (Å²) in [5.41, 5.74) is 6.56. The molecule has 0 unspecified atom stereocenters. The molecule has 1 aliphatic rings. The molecule has 0 bridgehead atoms. The number of primary amides is 1. The van der Waals surface area contributed by atoms with Crippen molar-refractivity contribution in [2.45, 2.75) is 38.8 Å². The zero-order valence-electron chi connectivity index (χ0n) is 16.8. The van der Waals surface area contributed by atoms with Crippen molar-refractivity contribution in [2.75, 3.05) is 33.2 Å². The summed E-state index contributed by atoms with van der Waals surface area (Å²) in [4.78, 5) is 29.4. The number of guanidine groups is 1. The zero-order chi connectivity index (χ0) is 20.4. The van der Waals surface area contributed by atoms with Gasteiger partial charge in [-0.3, -0.25) is 14.6 Å². The molecular weight excluding hydrogens is 356 g/mol. The second-order valence-corrected chi connectivity index (χ2v) is 7.03. The van der Waals surface area contributed by atoms with Crippen LogP contribution in [0, 0.1) is 0 Å². The van der Waals surface area contributed by atoms with E-state index in [-0.39, 0.29) is 12.5 Å². The van der Waals surface area contributed by atoms with E-state index in [1.54, 1.807) is 19.2 Å². The fourth-order valence-electron chi connectivity index (χ4n) is 3.23. The quantitative estimate of drug-likeness (QED) is 0.381. The fraction of sp³-hybridized carbons (Fsp3) is 0.550. The number of amides is 2. The number of rotatable bonds is 8. The minimum atomic E-state index is -0.566. The minimum absolute atomic E-state index is 0.165. The number of nitrogens with one attached hydrogen (secondary N) is 3. The van der Waals surface area contributed by atoms with Gasteiger partial charge in [0.25, 0.3) is 5.91 Å². The van der Waals surface area contributed by atoms with Crippen molar-refractivity contribution >= 4 is 17.8 Å². The lowest BCUT2D eigenvalue weighted by molar-refractivity contribution is -0.117. The third kappa shape index (κ3) is 7.19. The molecule has 1 saturated heterocycles. The molecular formula is C20H32N6O2. The third-order valence-corrected chi connectivity index (χ3v) is 4.79. The molecule has 1 aromatic rings. The van der Waals surface area contributed by atoms with Gasteiger partial charge in [0.15, 0.2) is 5.96 Å². The van der Waals surface area contributed by atoms with Crippen LogP contribution in [-0.4, -0.2) is 61.9 Å². The number of aliphatic imine (C=N–C) groups is 1. The van der Waals surface area contributed by atoms with Gasteiger partial charge in [0, 0.05) is 38.3 Å². The maximum atomic E-state index is 11.9. The SMILES string of the molecule is CCCN1CCC(NC(=NC)NCc2ccc(C(=O)NCC(N)=O)cc2)CC1. The summed E-state index contributed by atoms with van der Waals surface area (Å²) in [5, 5.41) is 9.29. The normalized spacial score (nSPS) is 15.9. The van der Waals surface area contributed by atoms with E-state index >= 15 is 0 Å². The molecule has 2 rings (SSSR count). The van der Waals surface area contributed by atoms with Crippen LogP contribution in [-0.2, 0) is 11.3 Å². The Morgan fingerprint density at radius 1 is 1.18 bits per heavy atom. The van der Waals surface area contributed by atoms with Gasteiger partial charge in [0.2, 0.25) is 5.91 Å². The van der Waals surface area contributed by atoms with Gasteiger partial charge in [-0.1, -0.05) is 19.1 Å². The number of piperidine rings is 1. The van der Waals surface area contributed by atoms with E-state index in [0.29, 0.717) is 18.2 Å². The van der Waals surface area contributed by atoms with Gasteiger partial charge >= 0.3 is 0 Å². The van der Waals surface area contributed by atoms with Crippen molar-refractivity contribution in [2.24, 2.45) is 10.7 Å². The predicted molar refractivity (Wildman–Crippen MR) is 111 cm³/mol. The molecule has 0 aliphatic carbocycles. The van der Waals surface area contributed by atoms with Crippen LogP contribution < -0.4 is 21.7 Å². The van der Waals surface area contributed by atoms with Gasteiger partial charge in [-0.25, -0.2) is 0 Å². The van der Waals surface area contributed by atoms with Crippen LogP contribution in [0.1, 0.15) is 42.1 Å². The first-order chi connectivity index (χ1) is 13.5. The summed E-state index contributed by atoms with van der Waals surface area (Å²) < 4.78 is 0. The van der Waals surface area contributed by atoms with Crippen molar-refractivity contribution in [3.05, 3.63) is 35.4 Å². The minimum Gasteiger partial charge on any atom is -0.368 e. The third-order valence-electron chi connectivity index (χ3n) is 4.79. The Morgan fingerprint density at radius 3 is 2.43 bits per heavy atom. The largest absolute Gasteiger partial charge is 0.368 e. The lowest BCUT2D eigenvalue weighted by atomic mass is 10.1. The highest BCUT2D eigenvalue weighted by Gasteiger charge is 2.19. The average molecular weight is 389 g/mol. The van der Waals surface area contributed by atoms with Gasteiger partial charge in [0.05, 0.1) is 6.54 Å². The number of carbonyl (C=O) groups is 2. The van der Waals surface area contributed by atoms with E-state index in [4.69, 9.17) is 5.73 Å². The predicted octanol–water partition coefficient (Wildman–Crippen LogP) is 0.441. The maximum Gasteiger partial charge on any atom is 0.251 e. The number of likely N-dealkylation sites (tertiary alicyclic amines) is 1.